The van der Waals surface area contributed by atoms with E-state index in [1.807, 2.05) is 59.4 Å². The number of nitrogens with one attached hydrogen (secondary N) is 1. The van der Waals surface area contributed by atoms with Crippen molar-refractivity contribution < 1.29 is 14.3 Å². The van der Waals surface area contributed by atoms with E-state index in [1.54, 1.807) is 12.3 Å². The Morgan fingerprint density at radius 2 is 1.96 bits per heavy atom. The molecule has 0 saturated heterocycles. The highest BCUT2D eigenvalue weighted by molar-refractivity contribution is 5.91. The molecule has 6 nitrogen and oxygen atoms in total. The van der Waals surface area contributed by atoms with Crippen LogP contribution in [0.4, 0.5) is 0 Å². The molecule has 0 spiro atoms. The maximum absolute atomic E-state index is 12.2. The van der Waals surface area contributed by atoms with Gasteiger partial charge in [-0.1, -0.05) is 30.3 Å². The quantitative estimate of drug-likeness (QED) is 0.686. The van der Waals surface area contributed by atoms with Crippen LogP contribution in [-0.4, -0.2) is 22.5 Å². The fourth-order valence-corrected chi connectivity index (χ4v) is 2.88. The van der Waals surface area contributed by atoms with Crippen LogP contribution in [0.2, 0.25) is 0 Å². The molecule has 2 heterocycles. The summed E-state index contributed by atoms with van der Waals surface area (Å²) >= 11 is 0. The standard InChI is InChI=1S/C21H19N3O3/c25-21(9-7-16-6-8-19-20(12-16)27-15-26-19)22-13-17-4-1-2-5-18(17)14-24-11-3-10-23-24/h1-12H,13-15H2,(H,22,25)/b9-7+. The number of fused-ring (bicyclic) bond motifs is 1. The number of aromatic nitrogens is 2. The number of ether oxygens (including phenoxy) is 2. The van der Waals surface area contributed by atoms with Crippen molar-refractivity contribution in [3.8, 4) is 11.5 Å². The fourth-order valence-electron chi connectivity index (χ4n) is 2.88. The number of amides is 1. The zero-order valence-corrected chi connectivity index (χ0v) is 14.7. The second-order valence-electron chi connectivity index (χ2n) is 6.14. The van der Waals surface area contributed by atoms with E-state index in [0.717, 1.165) is 22.4 Å². The Labute approximate surface area is 157 Å². The monoisotopic (exact) mass is 361 g/mol. The van der Waals surface area contributed by atoms with Crippen LogP contribution < -0.4 is 14.8 Å². The molecule has 1 aliphatic rings. The average molecular weight is 361 g/mol. The lowest BCUT2D eigenvalue weighted by atomic mass is 10.1. The molecule has 0 saturated carbocycles. The first-order valence-corrected chi connectivity index (χ1v) is 8.68. The first kappa shape index (κ1) is 16.9. The molecule has 1 amide bonds. The molecule has 6 heteroatoms. The summed E-state index contributed by atoms with van der Waals surface area (Å²) in [4.78, 5) is 12.2. The zero-order chi connectivity index (χ0) is 18.5. The molecule has 0 radical (unpaired) electrons. The van der Waals surface area contributed by atoms with E-state index in [4.69, 9.17) is 9.47 Å². The number of carbonyl (C=O) groups is 1. The van der Waals surface area contributed by atoms with Crippen LogP contribution in [0.25, 0.3) is 6.08 Å². The normalized spacial score (nSPS) is 12.4. The van der Waals surface area contributed by atoms with E-state index >= 15 is 0 Å². The number of rotatable bonds is 6. The van der Waals surface area contributed by atoms with Crippen molar-refractivity contribution in [1.82, 2.24) is 15.1 Å². The van der Waals surface area contributed by atoms with Gasteiger partial charge >= 0.3 is 0 Å². The molecule has 0 fully saturated rings. The second-order valence-corrected chi connectivity index (χ2v) is 6.14. The Morgan fingerprint density at radius 3 is 2.81 bits per heavy atom. The highest BCUT2D eigenvalue weighted by Gasteiger charge is 2.12. The molecule has 27 heavy (non-hydrogen) atoms. The molecule has 0 unspecified atom stereocenters. The molecule has 1 aliphatic heterocycles. The number of hydrogen-bond donors (Lipinski definition) is 1. The number of benzene rings is 2. The summed E-state index contributed by atoms with van der Waals surface area (Å²) in [5.74, 6) is 1.28. The summed E-state index contributed by atoms with van der Waals surface area (Å²) in [5, 5.41) is 7.16. The Balaban J connectivity index is 1.37. The molecule has 1 N–H and O–H groups in total. The number of carbonyl (C=O) groups excluding carboxylic acids is 1. The molecule has 4 rings (SSSR count). The molecule has 0 bridgehead atoms. The molecule has 1 aromatic heterocycles. The van der Waals surface area contributed by atoms with Gasteiger partial charge in [-0.3, -0.25) is 9.48 Å². The summed E-state index contributed by atoms with van der Waals surface area (Å²) in [6.07, 6.45) is 6.95. The fraction of sp³-hybridized carbons (Fsp3) is 0.143. The Bertz CT molecular complexity index is 965. The number of hydrogen-bond acceptors (Lipinski definition) is 4. The highest BCUT2D eigenvalue weighted by atomic mass is 16.7. The molecule has 3 aromatic rings. The van der Waals surface area contributed by atoms with Gasteiger partial charge in [0, 0.05) is 25.0 Å². The minimum Gasteiger partial charge on any atom is -0.454 e. The lowest BCUT2D eigenvalue weighted by Crippen LogP contribution is -2.21. The van der Waals surface area contributed by atoms with Gasteiger partial charge in [0.2, 0.25) is 12.7 Å². The van der Waals surface area contributed by atoms with Crippen molar-refractivity contribution in [2.24, 2.45) is 0 Å². The molecule has 0 atom stereocenters. The summed E-state index contributed by atoms with van der Waals surface area (Å²) in [6, 6.07) is 15.5. The summed E-state index contributed by atoms with van der Waals surface area (Å²) in [5.41, 5.74) is 3.08. The summed E-state index contributed by atoms with van der Waals surface area (Å²) in [7, 11) is 0. The van der Waals surface area contributed by atoms with Crippen LogP contribution in [0.3, 0.4) is 0 Å². The highest BCUT2D eigenvalue weighted by Crippen LogP contribution is 2.32. The molecule has 2 aromatic carbocycles. The minimum absolute atomic E-state index is 0.151. The van der Waals surface area contributed by atoms with Crippen LogP contribution in [0.15, 0.2) is 67.0 Å². The van der Waals surface area contributed by atoms with E-state index < -0.39 is 0 Å². The van der Waals surface area contributed by atoms with E-state index in [0.29, 0.717) is 18.8 Å². The Morgan fingerprint density at radius 1 is 1.11 bits per heavy atom. The number of nitrogens with zero attached hydrogens (tertiary/aromatic N) is 2. The molecule has 136 valence electrons. The molecular weight excluding hydrogens is 342 g/mol. The van der Waals surface area contributed by atoms with E-state index in [9.17, 15) is 4.79 Å². The minimum atomic E-state index is -0.151. The second kappa shape index (κ2) is 7.78. The lowest BCUT2D eigenvalue weighted by molar-refractivity contribution is -0.116. The maximum Gasteiger partial charge on any atom is 0.244 e. The van der Waals surface area contributed by atoms with Gasteiger partial charge in [0.1, 0.15) is 0 Å². The topological polar surface area (TPSA) is 65.4 Å². The maximum atomic E-state index is 12.2. The smallest absolute Gasteiger partial charge is 0.244 e. The van der Waals surface area contributed by atoms with Gasteiger partial charge in [0.25, 0.3) is 0 Å². The average Bonchev–Trinajstić information content (AvgIpc) is 3.37. The van der Waals surface area contributed by atoms with Gasteiger partial charge in [-0.15, -0.1) is 0 Å². The van der Waals surface area contributed by atoms with E-state index in [1.165, 1.54) is 6.08 Å². The van der Waals surface area contributed by atoms with Gasteiger partial charge in [-0.25, -0.2) is 0 Å². The van der Waals surface area contributed by atoms with Crippen LogP contribution in [-0.2, 0) is 17.9 Å². The van der Waals surface area contributed by atoms with Crippen molar-refractivity contribution >= 4 is 12.0 Å². The van der Waals surface area contributed by atoms with Crippen LogP contribution in [0, 0.1) is 0 Å². The van der Waals surface area contributed by atoms with Gasteiger partial charge in [0.05, 0.1) is 6.54 Å². The van der Waals surface area contributed by atoms with Crippen molar-refractivity contribution in [3.05, 3.63) is 83.7 Å². The van der Waals surface area contributed by atoms with Gasteiger partial charge in [-0.2, -0.15) is 5.10 Å². The van der Waals surface area contributed by atoms with Crippen molar-refractivity contribution in [2.45, 2.75) is 13.1 Å². The Kier molecular flexibility index (Phi) is 4.87. The van der Waals surface area contributed by atoms with Gasteiger partial charge in [0.15, 0.2) is 11.5 Å². The largest absolute Gasteiger partial charge is 0.454 e. The first-order valence-electron chi connectivity index (χ1n) is 8.68. The van der Waals surface area contributed by atoms with Crippen molar-refractivity contribution in [2.75, 3.05) is 6.79 Å². The predicted octanol–water partition coefficient (Wildman–Crippen LogP) is 2.99. The van der Waals surface area contributed by atoms with E-state index in [2.05, 4.69) is 10.4 Å². The van der Waals surface area contributed by atoms with Crippen molar-refractivity contribution in [3.63, 3.8) is 0 Å². The van der Waals surface area contributed by atoms with Crippen LogP contribution >= 0.6 is 0 Å². The molecule has 0 aliphatic carbocycles. The van der Waals surface area contributed by atoms with Crippen LogP contribution in [0.1, 0.15) is 16.7 Å². The predicted molar refractivity (Wildman–Crippen MR) is 101 cm³/mol. The SMILES string of the molecule is O=C(/C=C/c1ccc2c(c1)OCO2)NCc1ccccc1Cn1cccn1. The van der Waals surface area contributed by atoms with Gasteiger partial charge in [-0.05, 0) is 41.0 Å². The third kappa shape index (κ3) is 4.17. The first-order chi connectivity index (χ1) is 13.3. The third-order valence-electron chi connectivity index (χ3n) is 4.29. The third-order valence-corrected chi connectivity index (χ3v) is 4.29. The summed E-state index contributed by atoms with van der Waals surface area (Å²) in [6.45, 7) is 1.37. The van der Waals surface area contributed by atoms with Gasteiger partial charge < -0.3 is 14.8 Å². The zero-order valence-electron chi connectivity index (χ0n) is 14.7. The van der Waals surface area contributed by atoms with E-state index in [-0.39, 0.29) is 12.7 Å². The summed E-state index contributed by atoms with van der Waals surface area (Å²) < 4.78 is 12.5. The molecular formula is C21H19N3O3. The van der Waals surface area contributed by atoms with Crippen molar-refractivity contribution in [1.29, 1.82) is 0 Å². The van der Waals surface area contributed by atoms with Crippen LogP contribution in [0.5, 0.6) is 11.5 Å². The Hall–Kier alpha value is -3.54. The lowest BCUT2D eigenvalue weighted by Gasteiger charge is -2.10.